The van der Waals surface area contributed by atoms with E-state index in [0.29, 0.717) is 0 Å². The third-order valence-corrected chi connectivity index (χ3v) is 4.46. The van der Waals surface area contributed by atoms with Crippen LogP contribution in [0.5, 0.6) is 0 Å². The summed E-state index contributed by atoms with van der Waals surface area (Å²) in [5.74, 6) is 0.819. The first-order valence-corrected chi connectivity index (χ1v) is 7.31. The zero-order chi connectivity index (χ0) is 12.2. The van der Waals surface area contributed by atoms with Crippen molar-refractivity contribution in [2.45, 2.75) is 38.1 Å². The highest BCUT2D eigenvalue weighted by atomic mass is 15.2. The summed E-state index contributed by atoms with van der Waals surface area (Å²) in [6.07, 6.45) is 10.7. The number of fused-ring (bicyclic) bond motifs is 1. The molecule has 1 aromatic heterocycles. The predicted octanol–water partition coefficient (Wildman–Crippen LogP) is 2.76. The second-order valence-electron chi connectivity index (χ2n) is 5.62. The van der Waals surface area contributed by atoms with Crippen molar-refractivity contribution >= 4 is 5.69 Å². The van der Waals surface area contributed by atoms with Crippen molar-refractivity contribution in [3.63, 3.8) is 0 Å². The Kier molecular flexibility index (Phi) is 3.79. The molecule has 3 rings (SSSR count). The monoisotopic (exact) mass is 245 g/mol. The minimum atomic E-state index is 0.819. The summed E-state index contributed by atoms with van der Waals surface area (Å²) in [7, 11) is 0. The average molecular weight is 245 g/mol. The predicted molar refractivity (Wildman–Crippen MR) is 74.7 cm³/mol. The van der Waals surface area contributed by atoms with Crippen molar-refractivity contribution < 1.29 is 0 Å². The molecule has 98 valence electrons. The Morgan fingerprint density at radius 3 is 3.06 bits per heavy atom. The van der Waals surface area contributed by atoms with Gasteiger partial charge in [-0.25, -0.2) is 0 Å². The molecule has 0 radical (unpaired) electrons. The van der Waals surface area contributed by atoms with Crippen molar-refractivity contribution in [3.8, 4) is 0 Å². The van der Waals surface area contributed by atoms with E-state index >= 15 is 0 Å². The Morgan fingerprint density at radius 2 is 2.17 bits per heavy atom. The molecule has 0 aromatic carbocycles. The maximum atomic E-state index is 4.16. The molecule has 1 aromatic rings. The molecule has 2 unspecified atom stereocenters. The number of aromatic nitrogens is 1. The second kappa shape index (κ2) is 5.70. The van der Waals surface area contributed by atoms with Gasteiger partial charge < -0.3 is 10.2 Å². The van der Waals surface area contributed by atoms with E-state index in [-0.39, 0.29) is 0 Å². The van der Waals surface area contributed by atoms with Crippen LogP contribution in [0.4, 0.5) is 5.69 Å². The third kappa shape index (κ3) is 2.66. The largest absolute Gasteiger partial charge is 0.383 e. The van der Waals surface area contributed by atoms with E-state index in [9.17, 15) is 0 Å². The Hall–Kier alpha value is -1.09. The van der Waals surface area contributed by atoms with Crippen LogP contribution in [-0.2, 0) is 0 Å². The molecular formula is C15H23N3. The molecular weight excluding hydrogens is 222 g/mol. The maximum Gasteiger partial charge on any atom is 0.0526 e. The molecule has 0 spiro atoms. The van der Waals surface area contributed by atoms with Crippen molar-refractivity contribution in [1.29, 1.82) is 0 Å². The molecule has 18 heavy (non-hydrogen) atoms. The van der Waals surface area contributed by atoms with E-state index in [1.165, 1.54) is 45.2 Å². The lowest BCUT2D eigenvalue weighted by atomic mass is 9.83. The number of hydrogen-bond acceptors (Lipinski definition) is 3. The van der Waals surface area contributed by atoms with Gasteiger partial charge in [-0.05, 0) is 56.8 Å². The summed E-state index contributed by atoms with van der Waals surface area (Å²) >= 11 is 0. The fourth-order valence-corrected chi connectivity index (χ4v) is 3.53. The smallest absolute Gasteiger partial charge is 0.0526 e. The fourth-order valence-electron chi connectivity index (χ4n) is 3.53. The van der Waals surface area contributed by atoms with Crippen LogP contribution < -0.4 is 5.32 Å². The third-order valence-electron chi connectivity index (χ3n) is 4.46. The molecule has 3 heteroatoms. The highest BCUT2D eigenvalue weighted by molar-refractivity contribution is 5.39. The van der Waals surface area contributed by atoms with Gasteiger partial charge in [-0.15, -0.1) is 0 Å². The molecule has 0 amide bonds. The average Bonchev–Trinajstić information content (AvgIpc) is 2.46. The standard InChI is InChI=1S/C15H23N3/c1-2-9-18-10-4-5-13(15(18)7-1)11-17-14-6-3-8-16-12-14/h3,6,8,12-13,15,17H,1-2,4-5,7,9-11H2. The van der Waals surface area contributed by atoms with Crippen LogP contribution >= 0.6 is 0 Å². The van der Waals surface area contributed by atoms with Gasteiger partial charge in [0.25, 0.3) is 0 Å². The van der Waals surface area contributed by atoms with Gasteiger partial charge in [0.1, 0.15) is 0 Å². The van der Waals surface area contributed by atoms with Gasteiger partial charge in [0.05, 0.1) is 5.69 Å². The molecule has 3 nitrogen and oxygen atoms in total. The van der Waals surface area contributed by atoms with Gasteiger partial charge in [-0.1, -0.05) is 6.42 Å². The first-order valence-electron chi connectivity index (χ1n) is 7.31. The number of rotatable bonds is 3. The summed E-state index contributed by atoms with van der Waals surface area (Å²) in [6, 6.07) is 4.93. The van der Waals surface area contributed by atoms with Crippen LogP contribution in [-0.4, -0.2) is 35.6 Å². The molecule has 2 aliphatic rings. The number of nitrogens with one attached hydrogen (secondary N) is 1. The molecule has 2 fully saturated rings. The summed E-state index contributed by atoms with van der Waals surface area (Å²) in [5.41, 5.74) is 1.16. The van der Waals surface area contributed by atoms with E-state index in [0.717, 1.165) is 24.2 Å². The van der Waals surface area contributed by atoms with Gasteiger partial charge in [0, 0.05) is 25.0 Å². The number of nitrogens with zero attached hydrogens (tertiary/aromatic N) is 2. The summed E-state index contributed by atoms with van der Waals surface area (Å²) in [4.78, 5) is 6.88. The summed E-state index contributed by atoms with van der Waals surface area (Å²) < 4.78 is 0. The van der Waals surface area contributed by atoms with Gasteiger partial charge >= 0.3 is 0 Å². The molecule has 2 aliphatic heterocycles. The minimum absolute atomic E-state index is 0.819. The molecule has 1 N–H and O–H groups in total. The molecule has 2 saturated heterocycles. The van der Waals surface area contributed by atoms with E-state index in [1.807, 2.05) is 18.5 Å². The highest BCUT2D eigenvalue weighted by Gasteiger charge is 2.32. The number of hydrogen-bond donors (Lipinski definition) is 1. The molecule has 3 heterocycles. The summed E-state index contributed by atoms with van der Waals surface area (Å²) in [6.45, 7) is 3.76. The van der Waals surface area contributed by atoms with Crippen LogP contribution in [0.25, 0.3) is 0 Å². The first-order chi connectivity index (χ1) is 8.93. The normalized spacial score (nSPS) is 28.7. The van der Waals surface area contributed by atoms with Crippen LogP contribution in [0, 0.1) is 5.92 Å². The van der Waals surface area contributed by atoms with Crippen molar-refractivity contribution in [1.82, 2.24) is 9.88 Å². The SMILES string of the molecule is c1cncc(NCC2CCCN3CCCCC23)c1. The van der Waals surface area contributed by atoms with E-state index in [2.05, 4.69) is 21.3 Å². The second-order valence-corrected chi connectivity index (χ2v) is 5.62. The van der Waals surface area contributed by atoms with Crippen LogP contribution in [0.1, 0.15) is 32.1 Å². The van der Waals surface area contributed by atoms with E-state index in [1.54, 1.807) is 0 Å². The molecule has 0 saturated carbocycles. The Labute approximate surface area is 110 Å². The fraction of sp³-hybridized carbons (Fsp3) is 0.667. The molecule has 0 aliphatic carbocycles. The topological polar surface area (TPSA) is 28.2 Å². The molecule has 0 bridgehead atoms. The quantitative estimate of drug-likeness (QED) is 0.887. The Balaban J connectivity index is 1.58. The Morgan fingerprint density at radius 1 is 1.22 bits per heavy atom. The number of piperidine rings is 2. The van der Waals surface area contributed by atoms with Gasteiger partial charge in [-0.2, -0.15) is 0 Å². The molecule has 2 atom stereocenters. The van der Waals surface area contributed by atoms with Gasteiger partial charge in [0.15, 0.2) is 0 Å². The van der Waals surface area contributed by atoms with E-state index in [4.69, 9.17) is 0 Å². The lowest BCUT2D eigenvalue weighted by molar-refractivity contribution is 0.0649. The zero-order valence-electron chi connectivity index (χ0n) is 11.0. The van der Waals surface area contributed by atoms with Crippen LogP contribution in [0.3, 0.4) is 0 Å². The zero-order valence-corrected chi connectivity index (χ0v) is 11.0. The van der Waals surface area contributed by atoms with Gasteiger partial charge in [0.2, 0.25) is 0 Å². The number of anilines is 1. The maximum absolute atomic E-state index is 4.16. The lowest BCUT2D eigenvalue weighted by Crippen LogP contribution is -2.49. The van der Waals surface area contributed by atoms with Crippen LogP contribution in [0.2, 0.25) is 0 Å². The first kappa shape index (κ1) is 12.0. The van der Waals surface area contributed by atoms with Crippen molar-refractivity contribution in [3.05, 3.63) is 24.5 Å². The summed E-state index contributed by atoms with van der Waals surface area (Å²) in [5, 5.41) is 3.56. The minimum Gasteiger partial charge on any atom is -0.383 e. The lowest BCUT2D eigenvalue weighted by Gasteiger charge is -2.44. The van der Waals surface area contributed by atoms with Crippen molar-refractivity contribution in [2.24, 2.45) is 5.92 Å². The number of pyridine rings is 1. The van der Waals surface area contributed by atoms with Crippen molar-refractivity contribution in [2.75, 3.05) is 25.0 Å². The highest BCUT2D eigenvalue weighted by Crippen LogP contribution is 2.30. The Bertz CT molecular complexity index is 363. The van der Waals surface area contributed by atoms with Crippen LogP contribution in [0.15, 0.2) is 24.5 Å². The van der Waals surface area contributed by atoms with E-state index < -0.39 is 0 Å². The van der Waals surface area contributed by atoms with Gasteiger partial charge in [-0.3, -0.25) is 4.98 Å².